The number of methoxy groups -OCH3 is 2. The molecule has 2 bridgehead atoms. The Morgan fingerprint density at radius 1 is 1.14 bits per heavy atom. The first-order valence-electron chi connectivity index (χ1n) is 7.52. The first kappa shape index (κ1) is 15.3. The van der Waals surface area contributed by atoms with E-state index in [0.29, 0.717) is 17.1 Å². The van der Waals surface area contributed by atoms with E-state index >= 15 is 0 Å². The number of benzene rings is 1. The fourth-order valence-electron chi connectivity index (χ4n) is 4.12. The molecule has 0 radical (unpaired) electrons. The molecule has 0 aromatic heterocycles. The Morgan fingerprint density at radius 2 is 1.71 bits per heavy atom. The van der Waals surface area contributed by atoms with Crippen molar-refractivity contribution in [1.82, 2.24) is 0 Å². The van der Waals surface area contributed by atoms with Crippen LogP contribution >= 0.6 is 6.04 Å². The summed E-state index contributed by atoms with van der Waals surface area (Å²) >= 11 is 6.08. The molecule has 2 aliphatic rings. The van der Waals surface area contributed by atoms with Crippen LogP contribution in [0.1, 0.15) is 42.7 Å². The van der Waals surface area contributed by atoms with E-state index in [0.717, 1.165) is 16.9 Å². The Balaban J connectivity index is 2.06. The smallest absolute Gasteiger partial charge is 0.129 e. The van der Waals surface area contributed by atoms with Crippen LogP contribution in [0.25, 0.3) is 0 Å². The normalized spacial score (nSPS) is 32.2. The van der Waals surface area contributed by atoms with Gasteiger partial charge in [0.25, 0.3) is 0 Å². The van der Waals surface area contributed by atoms with Crippen molar-refractivity contribution >= 4 is 17.8 Å². The topological polar surface area (TPSA) is 38.7 Å². The Kier molecular flexibility index (Phi) is 4.06. The van der Waals surface area contributed by atoms with Crippen LogP contribution in [0.3, 0.4) is 0 Å². The molecule has 116 valence electrons. The predicted octanol–water partition coefficient (Wildman–Crippen LogP) is 3.81. The Bertz CT molecular complexity index is 577. The van der Waals surface area contributed by atoms with Crippen LogP contribution in [0.15, 0.2) is 12.1 Å². The molecule has 1 unspecified atom stereocenters. The minimum Gasteiger partial charge on any atom is -0.497 e. The van der Waals surface area contributed by atoms with Crippen molar-refractivity contribution < 1.29 is 14.6 Å². The van der Waals surface area contributed by atoms with Crippen LogP contribution in [0, 0.1) is 6.92 Å². The quantitative estimate of drug-likeness (QED) is 0.854. The Hall–Kier alpha value is -0.570. The molecule has 2 aliphatic heterocycles. The van der Waals surface area contributed by atoms with Gasteiger partial charge in [-0.2, -0.15) is 0 Å². The Morgan fingerprint density at radius 3 is 2.19 bits per heavy atom. The third-order valence-electron chi connectivity index (χ3n) is 5.23. The molecule has 1 aromatic carbocycles. The van der Waals surface area contributed by atoms with Gasteiger partial charge < -0.3 is 14.6 Å². The fourth-order valence-corrected chi connectivity index (χ4v) is 10.0. The average molecular weight is 326 g/mol. The maximum atomic E-state index is 11.1. The number of hydrogen-bond acceptors (Lipinski definition) is 4. The highest BCUT2D eigenvalue weighted by Crippen LogP contribution is 2.77. The van der Waals surface area contributed by atoms with Crippen LogP contribution in [-0.4, -0.2) is 30.6 Å². The van der Waals surface area contributed by atoms with Gasteiger partial charge >= 0.3 is 0 Å². The third-order valence-corrected chi connectivity index (χ3v) is 12.0. The molecular weight excluding hydrogens is 303 g/mol. The van der Waals surface area contributed by atoms with E-state index in [1.165, 1.54) is 25.7 Å². The van der Waals surface area contributed by atoms with Crippen LogP contribution in [0.5, 0.6) is 11.5 Å². The zero-order valence-corrected chi connectivity index (χ0v) is 14.5. The number of hydrogen-bond donors (Lipinski definition) is 1. The molecule has 2 saturated heterocycles. The summed E-state index contributed by atoms with van der Waals surface area (Å²) in [6.07, 6.45) is 4.82. The number of aryl methyl sites for hydroxylation is 1. The van der Waals surface area contributed by atoms with Gasteiger partial charge in [-0.15, -0.1) is 0 Å². The molecule has 0 spiro atoms. The van der Waals surface area contributed by atoms with Gasteiger partial charge in [0, 0.05) is 11.6 Å². The predicted molar refractivity (Wildman–Crippen MR) is 89.6 cm³/mol. The van der Waals surface area contributed by atoms with Crippen molar-refractivity contribution in [3.8, 4) is 11.5 Å². The lowest BCUT2D eigenvalue weighted by atomic mass is 10.0. The highest BCUT2D eigenvalue weighted by atomic mass is 32.4. The van der Waals surface area contributed by atoms with Gasteiger partial charge in [0.2, 0.25) is 0 Å². The van der Waals surface area contributed by atoms with Crippen molar-refractivity contribution in [1.29, 1.82) is 0 Å². The summed E-state index contributed by atoms with van der Waals surface area (Å²) in [6, 6.07) is 2.03. The average Bonchev–Trinajstić information content (AvgIpc) is 2.99. The monoisotopic (exact) mass is 326 g/mol. The lowest BCUT2D eigenvalue weighted by molar-refractivity contribution is 0.254. The van der Waals surface area contributed by atoms with E-state index < -0.39 is 11.9 Å². The lowest BCUT2D eigenvalue weighted by Gasteiger charge is -2.30. The summed E-state index contributed by atoms with van der Waals surface area (Å²) in [7, 11) is 3.28. The maximum absolute atomic E-state index is 11.1. The molecule has 3 rings (SSSR count). The van der Waals surface area contributed by atoms with Gasteiger partial charge in [-0.3, -0.25) is 0 Å². The van der Waals surface area contributed by atoms with Crippen molar-refractivity contribution in [3.05, 3.63) is 23.3 Å². The van der Waals surface area contributed by atoms with E-state index in [2.05, 4.69) is 0 Å². The number of aliphatic hydroxyl groups is 1. The lowest BCUT2D eigenvalue weighted by Crippen LogP contribution is -2.10. The maximum Gasteiger partial charge on any atom is 0.129 e. The van der Waals surface area contributed by atoms with E-state index in [4.69, 9.17) is 21.3 Å². The summed E-state index contributed by atoms with van der Waals surface area (Å²) in [6.45, 7) is 2.00. The second-order valence-corrected chi connectivity index (χ2v) is 11.5. The van der Waals surface area contributed by atoms with E-state index in [-0.39, 0.29) is 0 Å². The van der Waals surface area contributed by atoms with Gasteiger partial charge in [-0.25, -0.2) is 0 Å². The van der Waals surface area contributed by atoms with Crippen molar-refractivity contribution in [2.75, 3.05) is 14.2 Å². The molecule has 2 fully saturated rings. The molecule has 0 saturated carbocycles. The molecule has 0 aliphatic carbocycles. The zero-order valence-electron chi connectivity index (χ0n) is 12.8. The molecule has 1 N–H and O–H groups in total. The van der Waals surface area contributed by atoms with Crippen molar-refractivity contribution in [2.45, 2.75) is 49.8 Å². The standard InChI is InChI=1S/C16H23O3PS/c1-10-8-11(18-2)9-14(19-3)15(10)16(17)20(21)12-4-5-13(20)7-6-12/h8-9,12-13,16-17H,4-7H2,1-3H3. The van der Waals surface area contributed by atoms with Crippen LogP contribution < -0.4 is 9.47 Å². The number of ether oxygens (including phenoxy) is 2. The van der Waals surface area contributed by atoms with Crippen molar-refractivity contribution in [3.63, 3.8) is 0 Å². The van der Waals surface area contributed by atoms with Crippen LogP contribution in [-0.2, 0) is 11.8 Å². The molecule has 0 amide bonds. The van der Waals surface area contributed by atoms with Gasteiger partial charge in [-0.1, -0.05) is 11.8 Å². The largest absolute Gasteiger partial charge is 0.497 e. The number of rotatable bonds is 4. The highest BCUT2D eigenvalue weighted by Gasteiger charge is 2.51. The van der Waals surface area contributed by atoms with E-state index in [1.54, 1.807) is 14.2 Å². The van der Waals surface area contributed by atoms with Crippen LogP contribution in [0.2, 0.25) is 0 Å². The summed E-state index contributed by atoms with van der Waals surface area (Å²) in [5, 5.41) is 11.1. The first-order chi connectivity index (χ1) is 10.0. The third kappa shape index (κ3) is 2.23. The van der Waals surface area contributed by atoms with Gasteiger partial charge in [0.05, 0.1) is 14.2 Å². The zero-order chi connectivity index (χ0) is 15.2. The van der Waals surface area contributed by atoms with Crippen LogP contribution in [0.4, 0.5) is 0 Å². The van der Waals surface area contributed by atoms with Gasteiger partial charge in [-0.05, 0) is 61.6 Å². The summed E-state index contributed by atoms with van der Waals surface area (Å²) < 4.78 is 10.8. The molecule has 2 heterocycles. The van der Waals surface area contributed by atoms with Gasteiger partial charge in [0.15, 0.2) is 0 Å². The molecule has 3 nitrogen and oxygen atoms in total. The second kappa shape index (κ2) is 5.57. The van der Waals surface area contributed by atoms with Gasteiger partial charge in [0.1, 0.15) is 17.3 Å². The highest BCUT2D eigenvalue weighted by molar-refractivity contribution is 8.15. The second-order valence-electron chi connectivity index (χ2n) is 6.16. The summed E-state index contributed by atoms with van der Waals surface area (Å²) in [5.41, 5.74) is 3.03. The van der Waals surface area contributed by atoms with Crippen molar-refractivity contribution in [2.24, 2.45) is 0 Å². The SMILES string of the molecule is COc1cc(C)c(C(O)P2(=S)C3CCC2CC3)c(OC)c1. The molecular formula is C16H23O3PS. The molecule has 1 aromatic rings. The molecule has 21 heavy (non-hydrogen) atoms. The van der Waals surface area contributed by atoms with E-state index in [1.807, 2.05) is 19.1 Å². The Labute approximate surface area is 131 Å². The molecule has 1 atom stereocenters. The number of fused-ring (bicyclic) bond motifs is 2. The van der Waals surface area contributed by atoms with E-state index in [9.17, 15) is 5.11 Å². The molecule has 5 heteroatoms. The number of aliphatic hydroxyl groups excluding tert-OH is 1. The first-order valence-corrected chi connectivity index (χ1v) is 10.5. The minimum atomic E-state index is -1.78. The summed E-state index contributed by atoms with van der Waals surface area (Å²) in [5.74, 6) is 0.926. The fraction of sp³-hybridized carbons (Fsp3) is 0.625. The minimum absolute atomic E-state index is 0.534. The summed E-state index contributed by atoms with van der Waals surface area (Å²) in [4.78, 5) is 0.